The molecule has 0 unspecified atom stereocenters. The second kappa shape index (κ2) is 2.53. The average molecular weight is 150 g/mol. The summed E-state index contributed by atoms with van der Waals surface area (Å²) in [5, 5.41) is 7.48. The van der Waals surface area contributed by atoms with Gasteiger partial charge in [-0.25, -0.2) is 9.67 Å². The molecule has 0 radical (unpaired) electrons. The molecule has 11 heavy (non-hydrogen) atoms. The van der Waals surface area contributed by atoms with Crippen molar-refractivity contribution in [2.24, 2.45) is 0 Å². The van der Waals surface area contributed by atoms with Crippen LogP contribution < -0.4 is 0 Å². The van der Waals surface area contributed by atoms with Crippen molar-refractivity contribution in [3.05, 3.63) is 30.7 Å². The van der Waals surface area contributed by atoms with Gasteiger partial charge in [0.25, 0.3) is 0 Å². The van der Waals surface area contributed by atoms with Gasteiger partial charge in [0.05, 0.1) is 6.20 Å². The molecule has 0 N–H and O–H groups in total. The highest BCUT2D eigenvalue weighted by molar-refractivity contribution is 4.92. The molecule has 5 heteroatoms. The Morgan fingerprint density at radius 2 is 2.55 bits per heavy atom. The Hall–Kier alpha value is -1.65. The maximum absolute atomic E-state index is 4.87. The Kier molecular flexibility index (Phi) is 1.40. The molecule has 5 nitrogen and oxygen atoms in total. The van der Waals surface area contributed by atoms with Crippen LogP contribution in [0.3, 0.4) is 0 Å². The van der Waals surface area contributed by atoms with Gasteiger partial charge in [-0.1, -0.05) is 5.16 Å². The minimum Gasteiger partial charge on any atom is -0.359 e. The molecule has 0 amide bonds. The third-order valence-electron chi connectivity index (χ3n) is 1.28. The van der Waals surface area contributed by atoms with Crippen molar-refractivity contribution >= 4 is 0 Å². The standard InChI is InChI=1S/C6H6N4O/c1-2-9-11-6(1)3-10-5-7-4-8-10/h1-2,4-5H,3H2. The van der Waals surface area contributed by atoms with Gasteiger partial charge >= 0.3 is 0 Å². The van der Waals surface area contributed by atoms with Crippen molar-refractivity contribution in [1.29, 1.82) is 0 Å². The summed E-state index contributed by atoms with van der Waals surface area (Å²) in [5.41, 5.74) is 0. The lowest BCUT2D eigenvalue weighted by Gasteiger charge is -1.92. The van der Waals surface area contributed by atoms with Crippen LogP contribution in [0, 0.1) is 0 Å². The maximum atomic E-state index is 4.87. The number of hydrogen-bond acceptors (Lipinski definition) is 4. The number of rotatable bonds is 2. The molecule has 0 aliphatic carbocycles. The third-order valence-corrected chi connectivity index (χ3v) is 1.28. The van der Waals surface area contributed by atoms with Crippen LogP contribution in [0.5, 0.6) is 0 Å². The summed E-state index contributed by atoms with van der Waals surface area (Å²) in [6, 6.07) is 1.79. The van der Waals surface area contributed by atoms with Crippen LogP contribution in [0.25, 0.3) is 0 Å². The Morgan fingerprint density at radius 3 is 3.18 bits per heavy atom. The van der Waals surface area contributed by atoms with Crippen LogP contribution in [0.2, 0.25) is 0 Å². The Bertz CT molecular complexity index is 267. The first-order chi connectivity index (χ1) is 5.45. The third kappa shape index (κ3) is 1.26. The molecule has 0 saturated carbocycles. The normalized spacial score (nSPS) is 10.2. The van der Waals surface area contributed by atoms with Crippen molar-refractivity contribution in [1.82, 2.24) is 19.9 Å². The average Bonchev–Trinajstić information content (AvgIpc) is 2.60. The molecule has 0 aromatic carbocycles. The van der Waals surface area contributed by atoms with Crippen LogP contribution >= 0.6 is 0 Å². The quantitative estimate of drug-likeness (QED) is 0.618. The molecule has 2 heterocycles. The molecule has 56 valence electrons. The van der Waals surface area contributed by atoms with Crippen LogP contribution in [-0.2, 0) is 6.54 Å². The molecule has 0 fully saturated rings. The first kappa shape index (κ1) is 6.09. The Labute approximate surface area is 62.6 Å². The van der Waals surface area contributed by atoms with Gasteiger partial charge in [-0.05, 0) is 0 Å². The largest absolute Gasteiger partial charge is 0.359 e. The molecule has 0 spiro atoms. The van der Waals surface area contributed by atoms with E-state index in [2.05, 4.69) is 15.2 Å². The number of hydrogen-bond donors (Lipinski definition) is 0. The zero-order valence-corrected chi connectivity index (χ0v) is 5.71. The van der Waals surface area contributed by atoms with Crippen molar-refractivity contribution < 1.29 is 4.52 Å². The van der Waals surface area contributed by atoms with E-state index in [1.54, 1.807) is 23.3 Å². The van der Waals surface area contributed by atoms with Gasteiger partial charge in [-0.3, -0.25) is 0 Å². The fourth-order valence-corrected chi connectivity index (χ4v) is 0.798. The van der Waals surface area contributed by atoms with E-state index in [1.165, 1.54) is 6.33 Å². The summed E-state index contributed by atoms with van der Waals surface area (Å²) in [6.07, 6.45) is 4.71. The molecule has 2 rings (SSSR count). The van der Waals surface area contributed by atoms with Crippen molar-refractivity contribution in [3.8, 4) is 0 Å². The fraction of sp³-hybridized carbons (Fsp3) is 0.167. The Balaban J connectivity index is 2.14. The fourth-order valence-electron chi connectivity index (χ4n) is 0.798. The molecular weight excluding hydrogens is 144 g/mol. The van der Waals surface area contributed by atoms with Crippen LogP contribution in [0.1, 0.15) is 5.76 Å². The molecule has 0 saturated heterocycles. The lowest BCUT2D eigenvalue weighted by molar-refractivity contribution is 0.371. The van der Waals surface area contributed by atoms with E-state index in [0.717, 1.165) is 5.76 Å². The lowest BCUT2D eigenvalue weighted by Crippen LogP contribution is -1.97. The first-order valence-corrected chi connectivity index (χ1v) is 3.17. The summed E-state index contributed by atoms with van der Waals surface area (Å²) in [6.45, 7) is 0.583. The van der Waals surface area contributed by atoms with Crippen LogP contribution in [0.4, 0.5) is 0 Å². The SMILES string of the molecule is c1cc(Cn2cncn2)on1. The van der Waals surface area contributed by atoms with Gasteiger partial charge < -0.3 is 4.52 Å². The van der Waals surface area contributed by atoms with Gasteiger partial charge in [-0.2, -0.15) is 5.10 Å². The van der Waals surface area contributed by atoms with E-state index >= 15 is 0 Å². The van der Waals surface area contributed by atoms with E-state index in [-0.39, 0.29) is 0 Å². The highest BCUT2D eigenvalue weighted by atomic mass is 16.5. The summed E-state index contributed by atoms with van der Waals surface area (Å²) < 4.78 is 6.54. The molecule has 2 aromatic rings. The van der Waals surface area contributed by atoms with Crippen molar-refractivity contribution in [2.75, 3.05) is 0 Å². The lowest BCUT2D eigenvalue weighted by atomic mass is 10.5. The summed E-state index contributed by atoms with van der Waals surface area (Å²) >= 11 is 0. The second-order valence-electron chi connectivity index (χ2n) is 2.07. The minimum absolute atomic E-state index is 0.583. The maximum Gasteiger partial charge on any atom is 0.158 e. The monoisotopic (exact) mass is 150 g/mol. The van der Waals surface area contributed by atoms with Crippen molar-refractivity contribution in [2.45, 2.75) is 6.54 Å². The number of aromatic nitrogens is 4. The van der Waals surface area contributed by atoms with Crippen LogP contribution in [0.15, 0.2) is 29.4 Å². The van der Waals surface area contributed by atoms with E-state index in [1.807, 2.05) is 0 Å². The highest BCUT2D eigenvalue weighted by Crippen LogP contribution is 1.97. The van der Waals surface area contributed by atoms with Gasteiger partial charge in [-0.15, -0.1) is 0 Å². The zero-order chi connectivity index (χ0) is 7.52. The second-order valence-corrected chi connectivity index (χ2v) is 2.07. The molecule has 0 bridgehead atoms. The van der Waals surface area contributed by atoms with Gasteiger partial charge in [0.1, 0.15) is 19.2 Å². The summed E-state index contributed by atoms with van der Waals surface area (Å²) in [7, 11) is 0. The number of nitrogens with zero attached hydrogens (tertiary/aromatic N) is 4. The van der Waals surface area contributed by atoms with E-state index in [9.17, 15) is 0 Å². The summed E-state index contributed by atoms with van der Waals surface area (Å²) in [4.78, 5) is 3.79. The predicted molar refractivity (Wildman–Crippen MR) is 35.6 cm³/mol. The molecule has 0 aliphatic rings. The molecular formula is C6H6N4O. The van der Waals surface area contributed by atoms with Crippen molar-refractivity contribution in [3.63, 3.8) is 0 Å². The molecule has 2 aromatic heterocycles. The van der Waals surface area contributed by atoms with E-state index < -0.39 is 0 Å². The van der Waals surface area contributed by atoms with Crippen LogP contribution in [-0.4, -0.2) is 19.9 Å². The topological polar surface area (TPSA) is 56.7 Å². The highest BCUT2D eigenvalue weighted by Gasteiger charge is 1.97. The van der Waals surface area contributed by atoms with Gasteiger partial charge in [0.15, 0.2) is 5.76 Å². The Morgan fingerprint density at radius 1 is 1.55 bits per heavy atom. The molecule has 0 aliphatic heterocycles. The first-order valence-electron chi connectivity index (χ1n) is 3.17. The van der Waals surface area contributed by atoms with Gasteiger partial charge in [0.2, 0.25) is 0 Å². The zero-order valence-electron chi connectivity index (χ0n) is 5.71. The summed E-state index contributed by atoms with van der Waals surface area (Å²) in [5.74, 6) is 0.774. The van der Waals surface area contributed by atoms with E-state index in [4.69, 9.17) is 4.52 Å². The minimum atomic E-state index is 0.583. The molecule has 0 atom stereocenters. The predicted octanol–water partition coefficient (Wildman–Crippen LogP) is 0.314. The van der Waals surface area contributed by atoms with E-state index in [0.29, 0.717) is 6.54 Å². The smallest absolute Gasteiger partial charge is 0.158 e. The van der Waals surface area contributed by atoms with Gasteiger partial charge in [0, 0.05) is 6.07 Å².